The minimum absolute atomic E-state index is 0.320. The topological polar surface area (TPSA) is 87.9 Å². The molecule has 1 aromatic heterocycles. The molecule has 1 atom stereocenters. The van der Waals surface area contributed by atoms with Crippen LogP contribution in [0.5, 0.6) is 0 Å². The molecule has 0 fully saturated rings. The van der Waals surface area contributed by atoms with E-state index in [0.29, 0.717) is 16.5 Å². The summed E-state index contributed by atoms with van der Waals surface area (Å²) in [5.74, 6) is 0.290. The van der Waals surface area contributed by atoms with Gasteiger partial charge in [0, 0.05) is 11.9 Å². The summed E-state index contributed by atoms with van der Waals surface area (Å²) in [6.45, 7) is 1.74. The number of methoxy groups -OCH3 is 1. The number of thioether (sulfide) groups is 1. The number of hydrogen-bond acceptors (Lipinski definition) is 7. The van der Waals surface area contributed by atoms with Crippen LogP contribution in [0.1, 0.15) is 12.5 Å². The molecule has 1 heterocycles. The summed E-state index contributed by atoms with van der Waals surface area (Å²) >= 11 is 1.23. The second kappa shape index (κ2) is 7.43. The van der Waals surface area contributed by atoms with E-state index >= 15 is 0 Å². The van der Waals surface area contributed by atoms with Crippen molar-refractivity contribution < 1.29 is 9.53 Å². The number of benzene rings is 1. The lowest BCUT2D eigenvalue weighted by Gasteiger charge is -2.09. The summed E-state index contributed by atoms with van der Waals surface area (Å²) in [6.07, 6.45) is 1.62. The van der Waals surface area contributed by atoms with Gasteiger partial charge in [0.1, 0.15) is 11.1 Å². The van der Waals surface area contributed by atoms with Crippen molar-refractivity contribution in [2.45, 2.75) is 17.3 Å². The molecular weight excluding hydrogens is 300 g/mol. The van der Waals surface area contributed by atoms with Crippen LogP contribution in [0.2, 0.25) is 0 Å². The van der Waals surface area contributed by atoms with Crippen molar-refractivity contribution in [3.63, 3.8) is 0 Å². The van der Waals surface area contributed by atoms with Gasteiger partial charge in [0.2, 0.25) is 0 Å². The molecule has 1 unspecified atom stereocenters. The highest BCUT2D eigenvalue weighted by Gasteiger charge is 2.16. The zero-order valence-corrected chi connectivity index (χ0v) is 12.9. The fourth-order valence-electron chi connectivity index (χ4n) is 1.62. The number of nitriles is 1. The van der Waals surface area contributed by atoms with E-state index in [1.165, 1.54) is 18.9 Å². The van der Waals surface area contributed by atoms with Crippen molar-refractivity contribution in [2.75, 3.05) is 12.4 Å². The molecule has 2 aromatic rings. The van der Waals surface area contributed by atoms with Gasteiger partial charge < -0.3 is 10.1 Å². The number of ether oxygens (including phenoxy) is 1. The monoisotopic (exact) mass is 314 g/mol. The van der Waals surface area contributed by atoms with Gasteiger partial charge in [-0.1, -0.05) is 11.8 Å². The summed E-state index contributed by atoms with van der Waals surface area (Å²) in [5.41, 5.74) is 1.41. The average Bonchev–Trinajstić information content (AvgIpc) is 2.55. The lowest BCUT2D eigenvalue weighted by atomic mass is 10.2. The van der Waals surface area contributed by atoms with Crippen LogP contribution < -0.4 is 5.32 Å². The van der Waals surface area contributed by atoms with E-state index in [4.69, 9.17) is 5.26 Å². The van der Waals surface area contributed by atoms with Crippen LogP contribution in [0, 0.1) is 11.3 Å². The third-order valence-corrected chi connectivity index (χ3v) is 3.69. The van der Waals surface area contributed by atoms with E-state index in [-0.39, 0.29) is 11.2 Å². The van der Waals surface area contributed by atoms with Crippen molar-refractivity contribution in [1.29, 1.82) is 5.26 Å². The van der Waals surface area contributed by atoms with Gasteiger partial charge in [0.05, 0.1) is 18.7 Å². The summed E-state index contributed by atoms with van der Waals surface area (Å²) in [4.78, 5) is 19.9. The molecule has 112 valence electrons. The van der Waals surface area contributed by atoms with E-state index in [2.05, 4.69) is 26.1 Å². The molecule has 7 heteroatoms. The Labute approximate surface area is 132 Å². The fraction of sp³-hybridized carbons (Fsp3) is 0.200. The van der Waals surface area contributed by atoms with Gasteiger partial charge in [-0.2, -0.15) is 5.26 Å². The molecule has 22 heavy (non-hydrogen) atoms. The van der Waals surface area contributed by atoms with Crippen LogP contribution >= 0.6 is 11.8 Å². The predicted molar refractivity (Wildman–Crippen MR) is 83.8 cm³/mol. The molecule has 0 spiro atoms. The van der Waals surface area contributed by atoms with Crippen LogP contribution in [-0.4, -0.2) is 28.3 Å². The molecular formula is C15H14N4O2S. The maximum Gasteiger partial charge on any atom is 0.318 e. The van der Waals surface area contributed by atoms with Crippen LogP contribution in [-0.2, 0) is 9.53 Å². The van der Waals surface area contributed by atoms with Crippen molar-refractivity contribution in [3.8, 4) is 6.07 Å². The summed E-state index contributed by atoms with van der Waals surface area (Å²) in [5, 5.41) is 12.0. The van der Waals surface area contributed by atoms with Crippen LogP contribution in [0.15, 0.2) is 41.7 Å². The molecule has 0 aliphatic carbocycles. The van der Waals surface area contributed by atoms with E-state index in [1.54, 1.807) is 43.5 Å². The standard InChI is InChI=1S/C15H14N4O2S/c1-10(14(20)21-2)22-15-17-8-7-13(19-15)18-12-5-3-11(9-16)4-6-12/h3-8,10H,1-2H3,(H,17,18,19). The Morgan fingerprint density at radius 1 is 1.36 bits per heavy atom. The molecule has 1 aromatic carbocycles. The number of esters is 1. The molecule has 0 amide bonds. The number of rotatable bonds is 5. The molecule has 0 saturated carbocycles. The Kier molecular flexibility index (Phi) is 5.33. The van der Waals surface area contributed by atoms with Gasteiger partial charge in [-0.3, -0.25) is 4.79 Å². The minimum atomic E-state index is -0.379. The minimum Gasteiger partial charge on any atom is -0.468 e. The summed E-state index contributed by atoms with van der Waals surface area (Å²) < 4.78 is 4.67. The van der Waals surface area contributed by atoms with E-state index in [0.717, 1.165) is 5.69 Å². The Hall–Kier alpha value is -2.59. The first-order chi connectivity index (χ1) is 10.6. The molecule has 2 rings (SSSR count). The highest BCUT2D eigenvalue weighted by Crippen LogP contribution is 2.22. The lowest BCUT2D eigenvalue weighted by Crippen LogP contribution is -2.15. The molecule has 0 aliphatic heterocycles. The Balaban J connectivity index is 2.07. The highest BCUT2D eigenvalue weighted by atomic mass is 32.2. The largest absolute Gasteiger partial charge is 0.468 e. The van der Waals surface area contributed by atoms with E-state index < -0.39 is 0 Å². The summed E-state index contributed by atoms with van der Waals surface area (Å²) in [7, 11) is 1.35. The van der Waals surface area contributed by atoms with Crippen molar-refractivity contribution >= 4 is 29.2 Å². The first-order valence-corrected chi connectivity index (χ1v) is 7.35. The number of aromatic nitrogens is 2. The SMILES string of the molecule is COC(=O)C(C)Sc1nccc(Nc2ccc(C#N)cc2)n1. The smallest absolute Gasteiger partial charge is 0.318 e. The zero-order valence-electron chi connectivity index (χ0n) is 12.1. The number of anilines is 2. The van der Waals surface area contributed by atoms with Gasteiger partial charge in [-0.25, -0.2) is 9.97 Å². The van der Waals surface area contributed by atoms with Crippen molar-refractivity contribution in [1.82, 2.24) is 9.97 Å². The number of nitrogens with one attached hydrogen (secondary N) is 1. The van der Waals surface area contributed by atoms with Crippen LogP contribution in [0.4, 0.5) is 11.5 Å². The van der Waals surface area contributed by atoms with Gasteiger partial charge in [-0.15, -0.1) is 0 Å². The number of hydrogen-bond donors (Lipinski definition) is 1. The van der Waals surface area contributed by atoms with Gasteiger partial charge in [-0.05, 0) is 37.3 Å². The molecule has 0 saturated heterocycles. The quantitative estimate of drug-likeness (QED) is 0.515. The average molecular weight is 314 g/mol. The maximum atomic E-state index is 11.4. The van der Waals surface area contributed by atoms with Crippen molar-refractivity contribution in [2.24, 2.45) is 0 Å². The molecule has 6 nitrogen and oxygen atoms in total. The van der Waals surface area contributed by atoms with Gasteiger partial charge in [0.15, 0.2) is 5.16 Å². The second-order valence-electron chi connectivity index (χ2n) is 4.32. The second-order valence-corrected chi connectivity index (χ2v) is 5.63. The number of nitrogens with zero attached hydrogens (tertiary/aromatic N) is 3. The predicted octanol–water partition coefficient (Wildman–Crippen LogP) is 2.75. The molecule has 0 bridgehead atoms. The summed E-state index contributed by atoms with van der Waals surface area (Å²) in [6, 6.07) is 10.8. The van der Waals surface area contributed by atoms with Crippen LogP contribution in [0.3, 0.4) is 0 Å². The number of carbonyl (C=O) groups excluding carboxylic acids is 1. The van der Waals surface area contributed by atoms with E-state index in [9.17, 15) is 4.79 Å². The van der Waals surface area contributed by atoms with Gasteiger partial charge in [0.25, 0.3) is 0 Å². The molecule has 0 radical (unpaired) electrons. The normalized spacial score (nSPS) is 11.3. The third-order valence-electron chi connectivity index (χ3n) is 2.74. The molecule has 0 aliphatic rings. The third kappa shape index (κ3) is 4.20. The Bertz CT molecular complexity index is 697. The molecule has 1 N–H and O–H groups in total. The van der Waals surface area contributed by atoms with Crippen LogP contribution in [0.25, 0.3) is 0 Å². The number of carbonyl (C=O) groups is 1. The maximum absolute atomic E-state index is 11.4. The van der Waals surface area contributed by atoms with Crippen molar-refractivity contribution in [3.05, 3.63) is 42.1 Å². The zero-order chi connectivity index (χ0) is 15.9. The van der Waals surface area contributed by atoms with E-state index in [1.807, 2.05) is 0 Å². The first-order valence-electron chi connectivity index (χ1n) is 6.47. The Morgan fingerprint density at radius 2 is 2.09 bits per heavy atom. The lowest BCUT2D eigenvalue weighted by molar-refractivity contribution is -0.139. The fourth-order valence-corrected chi connectivity index (χ4v) is 2.40. The highest BCUT2D eigenvalue weighted by molar-refractivity contribution is 8.00. The Morgan fingerprint density at radius 3 is 2.73 bits per heavy atom. The first kappa shape index (κ1) is 15.8. The van der Waals surface area contributed by atoms with Gasteiger partial charge >= 0.3 is 5.97 Å².